The minimum atomic E-state index is -0.0658. The van der Waals surface area contributed by atoms with Gasteiger partial charge in [0.15, 0.2) is 0 Å². The molecular formula is C18H26N2O3S. The highest BCUT2D eigenvalue weighted by Crippen LogP contribution is 2.29. The molecule has 1 amide bonds. The first-order valence-electron chi connectivity index (χ1n) is 8.76. The fourth-order valence-corrected chi connectivity index (χ4v) is 4.61. The van der Waals surface area contributed by atoms with Crippen LogP contribution in [-0.2, 0) is 11.8 Å². The maximum Gasteiger partial charge on any atom is 0.254 e. The summed E-state index contributed by atoms with van der Waals surface area (Å²) in [4.78, 5) is 26.1. The van der Waals surface area contributed by atoms with E-state index in [4.69, 9.17) is 4.74 Å². The van der Waals surface area contributed by atoms with E-state index in [1.165, 1.54) is 31.7 Å². The molecule has 3 rings (SSSR count). The summed E-state index contributed by atoms with van der Waals surface area (Å²) in [5, 5.41) is 0.673. The second-order valence-corrected chi connectivity index (χ2v) is 8.10. The highest BCUT2D eigenvalue weighted by molar-refractivity contribution is 8.00. The number of aromatic nitrogens is 1. The maximum absolute atomic E-state index is 12.3. The molecule has 1 aliphatic carbocycles. The molecule has 6 heteroatoms. The van der Waals surface area contributed by atoms with Crippen molar-refractivity contribution in [1.29, 1.82) is 0 Å². The number of pyridine rings is 1. The molecule has 132 valence electrons. The number of amides is 1. The van der Waals surface area contributed by atoms with Crippen LogP contribution in [0.1, 0.15) is 37.8 Å². The lowest BCUT2D eigenvalue weighted by molar-refractivity contribution is -0.127. The molecule has 2 heterocycles. The zero-order valence-electron chi connectivity index (χ0n) is 14.5. The summed E-state index contributed by atoms with van der Waals surface area (Å²) < 4.78 is 7.53. The minimum Gasteiger partial charge on any atom is -0.488 e. The van der Waals surface area contributed by atoms with Crippen molar-refractivity contribution in [3.8, 4) is 5.75 Å². The van der Waals surface area contributed by atoms with Crippen molar-refractivity contribution < 1.29 is 9.53 Å². The van der Waals surface area contributed by atoms with E-state index in [1.807, 2.05) is 29.7 Å². The summed E-state index contributed by atoms with van der Waals surface area (Å²) in [6, 6.07) is 3.40. The SMILES string of the molecule is Cc1cc(OC2CCN(C(=O)CSC3CCCC3)C2)cc(=O)n1C. The number of carbonyl (C=O) groups is 1. The Balaban J connectivity index is 1.49. The molecule has 1 atom stereocenters. The average molecular weight is 350 g/mol. The molecule has 0 N–H and O–H groups in total. The second-order valence-electron chi connectivity index (χ2n) is 6.82. The van der Waals surface area contributed by atoms with Crippen LogP contribution >= 0.6 is 11.8 Å². The Kier molecular flexibility index (Phi) is 5.54. The fourth-order valence-electron chi connectivity index (χ4n) is 3.38. The van der Waals surface area contributed by atoms with Crippen molar-refractivity contribution >= 4 is 17.7 Å². The molecule has 0 spiro atoms. The topological polar surface area (TPSA) is 51.5 Å². The highest BCUT2D eigenvalue weighted by Gasteiger charge is 2.28. The number of nitrogens with zero attached hydrogens (tertiary/aromatic N) is 2. The zero-order chi connectivity index (χ0) is 17.1. The molecule has 2 fully saturated rings. The van der Waals surface area contributed by atoms with Crippen molar-refractivity contribution in [2.45, 2.75) is 50.4 Å². The van der Waals surface area contributed by atoms with Crippen LogP contribution in [0, 0.1) is 6.92 Å². The largest absolute Gasteiger partial charge is 0.488 e. The molecule has 0 bridgehead atoms. The lowest BCUT2D eigenvalue weighted by Gasteiger charge is -2.18. The Morgan fingerprint density at radius 2 is 2.04 bits per heavy atom. The first-order valence-corrected chi connectivity index (χ1v) is 9.81. The van der Waals surface area contributed by atoms with E-state index in [9.17, 15) is 9.59 Å². The predicted octanol–water partition coefficient (Wildman–Crippen LogP) is 2.35. The van der Waals surface area contributed by atoms with Gasteiger partial charge in [0.2, 0.25) is 5.91 Å². The molecule has 0 radical (unpaired) electrons. The van der Waals surface area contributed by atoms with Gasteiger partial charge in [0, 0.05) is 37.0 Å². The smallest absolute Gasteiger partial charge is 0.254 e. The first-order chi connectivity index (χ1) is 11.5. The van der Waals surface area contributed by atoms with Gasteiger partial charge in [0.05, 0.1) is 12.3 Å². The van der Waals surface area contributed by atoms with Crippen LogP contribution < -0.4 is 10.3 Å². The van der Waals surface area contributed by atoms with Crippen LogP contribution in [0.25, 0.3) is 0 Å². The maximum atomic E-state index is 12.3. The van der Waals surface area contributed by atoms with E-state index >= 15 is 0 Å². The third-order valence-corrected chi connectivity index (χ3v) is 6.38. The average Bonchev–Trinajstić information content (AvgIpc) is 3.22. The van der Waals surface area contributed by atoms with Crippen LogP contribution in [0.15, 0.2) is 16.9 Å². The Hall–Kier alpha value is -1.43. The van der Waals surface area contributed by atoms with Gasteiger partial charge in [-0.05, 0) is 25.8 Å². The Bertz CT molecular complexity index is 652. The van der Waals surface area contributed by atoms with Gasteiger partial charge in [0.25, 0.3) is 5.56 Å². The summed E-state index contributed by atoms with van der Waals surface area (Å²) in [7, 11) is 1.75. The molecule has 1 aliphatic heterocycles. The molecule has 1 aromatic rings. The van der Waals surface area contributed by atoms with E-state index in [2.05, 4.69) is 0 Å². The van der Waals surface area contributed by atoms with Crippen molar-refractivity contribution in [3.63, 3.8) is 0 Å². The van der Waals surface area contributed by atoms with Gasteiger partial charge in [-0.25, -0.2) is 0 Å². The van der Waals surface area contributed by atoms with Crippen LogP contribution in [-0.4, -0.2) is 45.6 Å². The summed E-state index contributed by atoms with van der Waals surface area (Å²) >= 11 is 1.81. The van der Waals surface area contributed by atoms with Gasteiger partial charge in [-0.1, -0.05) is 12.8 Å². The summed E-state index contributed by atoms with van der Waals surface area (Å²) in [6.07, 6.45) is 5.94. The molecule has 1 unspecified atom stereocenters. The van der Waals surface area contributed by atoms with Crippen LogP contribution in [0.3, 0.4) is 0 Å². The van der Waals surface area contributed by atoms with Crippen molar-refractivity contribution in [1.82, 2.24) is 9.47 Å². The molecular weight excluding hydrogens is 324 g/mol. The summed E-state index contributed by atoms with van der Waals surface area (Å²) in [5.41, 5.74) is 0.806. The van der Waals surface area contributed by atoms with E-state index in [1.54, 1.807) is 11.6 Å². The number of ether oxygens (including phenoxy) is 1. The van der Waals surface area contributed by atoms with Crippen LogP contribution in [0.4, 0.5) is 0 Å². The molecule has 1 saturated carbocycles. The standard InChI is InChI=1S/C18H26N2O3S/c1-13-9-15(10-17(21)19(13)2)23-14-7-8-20(11-14)18(22)12-24-16-5-3-4-6-16/h9-10,14,16H,3-8,11-12H2,1-2H3. The number of hydrogen-bond acceptors (Lipinski definition) is 4. The molecule has 2 aliphatic rings. The van der Waals surface area contributed by atoms with E-state index in [0.29, 0.717) is 23.3 Å². The quantitative estimate of drug-likeness (QED) is 0.818. The highest BCUT2D eigenvalue weighted by atomic mass is 32.2. The molecule has 1 aromatic heterocycles. The predicted molar refractivity (Wildman–Crippen MR) is 96.7 cm³/mol. The summed E-state index contributed by atoms with van der Waals surface area (Å²) in [6.45, 7) is 3.26. The molecule has 24 heavy (non-hydrogen) atoms. The third-order valence-electron chi connectivity index (χ3n) is 5.02. The van der Waals surface area contributed by atoms with Gasteiger partial charge < -0.3 is 14.2 Å². The van der Waals surface area contributed by atoms with E-state index in [-0.39, 0.29) is 17.6 Å². The van der Waals surface area contributed by atoms with Crippen LogP contribution in [0.5, 0.6) is 5.75 Å². The van der Waals surface area contributed by atoms with Gasteiger partial charge in [-0.15, -0.1) is 11.8 Å². The Morgan fingerprint density at radius 3 is 2.75 bits per heavy atom. The monoisotopic (exact) mass is 350 g/mol. The fraction of sp³-hybridized carbons (Fsp3) is 0.667. The van der Waals surface area contributed by atoms with Crippen molar-refractivity contribution in [2.75, 3.05) is 18.8 Å². The molecule has 1 saturated heterocycles. The number of hydrogen-bond donors (Lipinski definition) is 0. The Labute approximate surface area is 147 Å². The van der Waals surface area contributed by atoms with Crippen LogP contribution in [0.2, 0.25) is 0 Å². The lowest BCUT2D eigenvalue weighted by atomic mass is 10.3. The van der Waals surface area contributed by atoms with Gasteiger partial charge in [-0.2, -0.15) is 0 Å². The number of aryl methyl sites for hydroxylation is 1. The number of likely N-dealkylation sites (tertiary alicyclic amines) is 1. The van der Waals surface area contributed by atoms with Gasteiger partial charge >= 0.3 is 0 Å². The van der Waals surface area contributed by atoms with Gasteiger partial charge in [-0.3, -0.25) is 9.59 Å². The van der Waals surface area contributed by atoms with Crippen molar-refractivity contribution in [3.05, 3.63) is 28.2 Å². The lowest BCUT2D eigenvalue weighted by Crippen LogP contribution is -2.32. The number of thioether (sulfide) groups is 1. The van der Waals surface area contributed by atoms with E-state index < -0.39 is 0 Å². The molecule has 0 aromatic carbocycles. The second kappa shape index (κ2) is 7.64. The molecule has 5 nitrogen and oxygen atoms in total. The first kappa shape index (κ1) is 17.4. The summed E-state index contributed by atoms with van der Waals surface area (Å²) in [5.74, 6) is 1.41. The normalized spacial score (nSPS) is 21.4. The van der Waals surface area contributed by atoms with Crippen molar-refractivity contribution in [2.24, 2.45) is 7.05 Å². The zero-order valence-corrected chi connectivity index (χ0v) is 15.3. The van der Waals surface area contributed by atoms with Gasteiger partial charge in [0.1, 0.15) is 11.9 Å². The third kappa shape index (κ3) is 4.15. The Morgan fingerprint density at radius 1 is 1.29 bits per heavy atom. The van der Waals surface area contributed by atoms with E-state index in [0.717, 1.165) is 18.7 Å². The number of rotatable bonds is 5. The number of carbonyl (C=O) groups excluding carboxylic acids is 1. The minimum absolute atomic E-state index is 0.0167.